The molecule has 0 heterocycles. The van der Waals surface area contributed by atoms with Gasteiger partial charge >= 0.3 is 5.97 Å². The van der Waals surface area contributed by atoms with Gasteiger partial charge in [-0.25, -0.2) is 13.1 Å². The highest BCUT2D eigenvalue weighted by Crippen LogP contribution is 1.96. The number of carbonyl (C=O) groups is 1. The van der Waals surface area contributed by atoms with Gasteiger partial charge in [-0.1, -0.05) is 6.08 Å². The van der Waals surface area contributed by atoms with Gasteiger partial charge in [0.15, 0.2) is 0 Å². The van der Waals surface area contributed by atoms with Crippen molar-refractivity contribution in [1.29, 1.82) is 0 Å². The average molecular weight is 223 g/mol. The van der Waals surface area contributed by atoms with Crippen molar-refractivity contribution in [2.24, 2.45) is 0 Å². The lowest BCUT2D eigenvalue weighted by molar-refractivity contribution is -0.139. The van der Waals surface area contributed by atoms with Crippen LogP contribution in [-0.2, 0) is 14.8 Å². The van der Waals surface area contributed by atoms with Crippen molar-refractivity contribution in [2.45, 2.75) is 12.5 Å². The van der Waals surface area contributed by atoms with E-state index in [4.69, 9.17) is 10.2 Å². The first-order valence-corrected chi connectivity index (χ1v) is 5.52. The topological polar surface area (TPSA) is 104 Å². The van der Waals surface area contributed by atoms with Crippen LogP contribution in [0.3, 0.4) is 0 Å². The lowest BCUT2D eigenvalue weighted by Crippen LogP contribution is -2.42. The van der Waals surface area contributed by atoms with Crippen molar-refractivity contribution in [3.8, 4) is 0 Å². The second-order valence-electron chi connectivity index (χ2n) is 2.59. The Balaban J connectivity index is 4.43. The van der Waals surface area contributed by atoms with Crippen molar-refractivity contribution in [3.05, 3.63) is 12.7 Å². The number of nitrogens with one attached hydrogen (secondary N) is 1. The van der Waals surface area contributed by atoms with Gasteiger partial charge in [0.25, 0.3) is 0 Å². The van der Waals surface area contributed by atoms with E-state index in [2.05, 4.69) is 6.58 Å². The van der Waals surface area contributed by atoms with Gasteiger partial charge in [0.1, 0.15) is 6.04 Å². The molecule has 1 unspecified atom stereocenters. The zero-order valence-corrected chi connectivity index (χ0v) is 8.33. The van der Waals surface area contributed by atoms with Gasteiger partial charge in [0, 0.05) is 6.61 Å². The van der Waals surface area contributed by atoms with Crippen molar-refractivity contribution < 1.29 is 23.4 Å². The van der Waals surface area contributed by atoms with Crippen LogP contribution in [0.15, 0.2) is 12.7 Å². The molecule has 0 rings (SSSR count). The van der Waals surface area contributed by atoms with E-state index in [1.165, 1.54) is 0 Å². The molecule has 3 N–H and O–H groups in total. The third kappa shape index (κ3) is 4.95. The third-order valence-corrected chi connectivity index (χ3v) is 2.69. The number of sulfonamides is 1. The molecule has 0 aliphatic heterocycles. The smallest absolute Gasteiger partial charge is 0.321 e. The molecular formula is C7H13NO5S. The summed E-state index contributed by atoms with van der Waals surface area (Å²) >= 11 is 0. The molecule has 1 atom stereocenters. The van der Waals surface area contributed by atoms with Crippen LogP contribution in [0, 0.1) is 0 Å². The van der Waals surface area contributed by atoms with E-state index in [-0.39, 0.29) is 12.2 Å². The quantitative estimate of drug-likeness (QED) is 0.477. The van der Waals surface area contributed by atoms with Crippen LogP contribution >= 0.6 is 0 Å². The van der Waals surface area contributed by atoms with Gasteiger partial charge < -0.3 is 10.2 Å². The molecule has 0 amide bonds. The van der Waals surface area contributed by atoms with Gasteiger partial charge in [-0.05, 0) is 6.42 Å². The fourth-order valence-electron chi connectivity index (χ4n) is 0.782. The number of hydrogen-bond donors (Lipinski definition) is 3. The molecule has 0 spiro atoms. The Kier molecular flexibility index (Phi) is 5.36. The van der Waals surface area contributed by atoms with E-state index in [1.807, 2.05) is 4.72 Å². The molecule has 82 valence electrons. The maximum atomic E-state index is 11.1. The first kappa shape index (κ1) is 13.1. The Morgan fingerprint density at radius 2 is 2.14 bits per heavy atom. The Morgan fingerprint density at radius 1 is 1.57 bits per heavy atom. The van der Waals surface area contributed by atoms with Crippen molar-refractivity contribution in [2.75, 3.05) is 12.4 Å². The van der Waals surface area contributed by atoms with E-state index in [9.17, 15) is 13.2 Å². The fraction of sp³-hybridized carbons (Fsp3) is 0.571. The largest absolute Gasteiger partial charge is 0.480 e. The molecule has 0 saturated heterocycles. The van der Waals surface area contributed by atoms with Crippen LogP contribution in [0.1, 0.15) is 6.42 Å². The van der Waals surface area contributed by atoms with Crippen molar-refractivity contribution >= 4 is 16.0 Å². The molecule has 0 aromatic carbocycles. The lowest BCUT2D eigenvalue weighted by atomic mass is 10.2. The number of carboxylic acids is 1. The molecule has 0 bridgehead atoms. The molecular weight excluding hydrogens is 210 g/mol. The predicted octanol–water partition coefficient (Wildman–Crippen LogP) is -1.07. The summed E-state index contributed by atoms with van der Waals surface area (Å²) in [6, 6.07) is -1.29. The van der Waals surface area contributed by atoms with Gasteiger partial charge in [-0.2, -0.15) is 0 Å². The number of aliphatic hydroxyl groups excluding tert-OH is 1. The van der Waals surface area contributed by atoms with E-state index in [0.717, 1.165) is 6.08 Å². The van der Waals surface area contributed by atoms with Crippen LogP contribution in [0.2, 0.25) is 0 Å². The first-order valence-electron chi connectivity index (χ1n) is 3.87. The fourth-order valence-corrected chi connectivity index (χ4v) is 1.84. The summed E-state index contributed by atoms with van der Waals surface area (Å²) < 4.78 is 24.1. The second-order valence-corrected chi connectivity index (χ2v) is 4.39. The van der Waals surface area contributed by atoms with Crippen molar-refractivity contribution in [1.82, 2.24) is 4.72 Å². The Morgan fingerprint density at radius 3 is 2.50 bits per heavy atom. The zero-order chi connectivity index (χ0) is 11.2. The number of rotatable bonds is 7. The lowest BCUT2D eigenvalue weighted by Gasteiger charge is -2.12. The number of hydrogen-bond acceptors (Lipinski definition) is 4. The highest BCUT2D eigenvalue weighted by Gasteiger charge is 2.22. The zero-order valence-electron chi connectivity index (χ0n) is 7.51. The summed E-state index contributed by atoms with van der Waals surface area (Å²) in [6.45, 7) is 2.83. The Bertz CT molecular complexity index is 297. The molecule has 0 aliphatic rings. The van der Waals surface area contributed by atoms with E-state index < -0.39 is 28.6 Å². The second kappa shape index (κ2) is 5.74. The Hall–Kier alpha value is -0.920. The van der Waals surface area contributed by atoms with E-state index in [1.54, 1.807) is 0 Å². The predicted molar refractivity (Wildman–Crippen MR) is 50.2 cm³/mol. The standard InChI is InChI=1S/C7H13NO5S/c1-2-5-14(12,13)8-6(3-4-9)7(10)11/h2,6,8-9H,1,3-5H2,(H,10,11). The molecule has 7 heteroatoms. The van der Waals surface area contributed by atoms with Crippen LogP contribution in [0.25, 0.3) is 0 Å². The summed E-state index contributed by atoms with van der Waals surface area (Å²) in [5.74, 6) is -1.66. The van der Waals surface area contributed by atoms with Gasteiger partial charge in [-0.15, -0.1) is 6.58 Å². The highest BCUT2D eigenvalue weighted by atomic mass is 32.2. The number of carboxylic acid groups (broad SMARTS) is 1. The third-order valence-electron chi connectivity index (χ3n) is 1.37. The van der Waals surface area contributed by atoms with Gasteiger partial charge in [0.2, 0.25) is 10.0 Å². The average Bonchev–Trinajstić information content (AvgIpc) is 2.02. The maximum Gasteiger partial charge on any atom is 0.321 e. The number of aliphatic hydroxyl groups is 1. The molecule has 0 aliphatic carbocycles. The molecule has 0 aromatic heterocycles. The minimum absolute atomic E-state index is 0.161. The van der Waals surface area contributed by atoms with Gasteiger partial charge in [-0.3, -0.25) is 4.79 Å². The van der Waals surface area contributed by atoms with Crippen LogP contribution in [-0.4, -0.2) is 43.0 Å². The molecule has 0 aromatic rings. The molecule has 6 nitrogen and oxygen atoms in total. The molecule has 0 radical (unpaired) electrons. The van der Waals surface area contributed by atoms with Crippen LogP contribution < -0.4 is 4.72 Å². The summed E-state index contributed by atoms with van der Waals surface area (Å²) in [5.41, 5.74) is 0. The summed E-state index contributed by atoms with van der Waals surface area (Å²) in [7, 11) is -3.66. The highest BCUT2D eigenvalue weighted by molar-refractivity contribution is 7.89. The minimum Gasteiger partial charge on any atom is -0.480 e. The van der Waals surface area contributed by atoms with E-state index in [0.29, 0.717) is 0 Å². The first-order chi connectivity index (χ1) is 6.43. The molecule has 0 fully saturated rings. The van der Waals surface area contributed by atoms with E-state index >= 15 is 0 Å². The number of aliphatic carboxylic acids is 1. The van der Waals surface area contributed by atoms with Crippen LogP contribution in [0.5, 0.6) is 0 Å². The minimum atomic E-state index is -3.66. The SMILES string of the molecule is C=CCS(=O)(=O)NC(CCO)C(=O)O. The molecule has 14 heavy (non-hydrogen) atoms. The monoisotopic (exact) mass is 223 g/mol. The van der Waals surface area contributed by atoms with Crippen LogP contribution in [0.4, 0.5) is 0 Å². The van der Waals surface area contributed by atoms with Gasteiger partial charge in [0.05, 0.1) is 5.75 Å². The Labute approximate surface area is 82.3 Å². The summed E-state index contributed by atoms with van der Waals surface area (Å²) in [6.07, 6.45) is 0.992. The maximum absolute atomic E-state index is 11.1. The summed E-state index contributed by atoms with van der Waals surface area (Å²) in [4.78, 5) is 10.5. The normalized spacial score (nSPS) is 13.5. The van der Waals surface area contributed by atoms with Crippen molar-refractivity contribution in [3.63, 3.8) is 0 Å². The molecule has 0 saturated carbocycles. The summed E-state index contributed by atoms with van der Waals surface area (Å²) in [5, 5.41) is 17.1.